The lowest BCUT2D eigenvalue weighted by molar-refractivity contribution is -0.119. The van der Waals surface area contributed by atoms with E-state index in [0.29, 0.717) is 19.3 Å². The molecule has 5 heteroatoms. The molecule has 1 aromatic carbocycles. The molecule has 0 N–H and O–H groups in total. The average Bonchev–Trinajstić information content (AvgIpc) is 2.78. The van der Waals surface area contributed by atoms with Crippen LogP contribution in [0.15, 0.2) is 36.5 Å². The molecule has 0 bridgehead atoms. The number of aromatic nitrogens is 1. The summed E-state index contributed by atoms with van der Waals surface area (Å²) < 4.78 is 22.9. The molecule has 1 aliphatic heterocycles. The summed E-state index contributed by atoms with van der Waals surface area (Å²) in [6, 6.07) is 9.61. The number of carbonyl (C=O) groups is 1. The van der Waals surface area contributed by atoms with Crippen molar-refractivity contribution < 1.29 is 13.2 Å². The summed E-state index contributed by atoms with van der Waals surface area (Å²) in [6.45, 7) is 0. The maximum atomic E-state index is 12.2. The van der Waals surface area contributed by atoms with E-state index in [4.69, 9.17) is 0 Å². The molecule has 1 saturated heterocycles. The average molecular weight is 303 g/mol. The van der Waals surface area contributed by atoms with Crippen molar-refractivity contribution in [3.63, 3.8) is 0 Å². The van der Waals surface area contributed by atoms with Gasteiger partial charge in [-0.05, 0) is 30.0 Å². The normalized spacial score (nSPS) is 20.7. The maximum absolute atomic E-state index is 12.2. The van der Waals surface area contributed by atoms with E-state index in [1.54, 1.807) is 6.20 Å². The van der Waals surface area contributed by atoms with E-state index in [9.17, 15) is 13.2 Å². The molecule has 21 heavy (non-hydrogen) atoms. The molecule has 1 aromatic heterocycles. The van der Waals surface area contributed by atoms with Crippen LogP contribution in [0.3, 0.4) is 0 Å². The van der Waals surface area contributed by atoms with Gasteiger partial charge in [-0.3, -0.25) is 9.78 Å². The fourth-order valence-electron chi connectivity index (χ4n) is 2.95. The number of carbonyl (C=O) groups excluding carboxylic acids is 1. The highest BCUT2D eigenvalue weighted by Gasteiger charge is 2.29. The van der Waals surface area contributed by atoms with Crippen LogP contribution in [0.5, 0.6) is 0 Å². The summed E-state index contributed by atoms with van der Waals surface area (Å²) in [6.07, 6.45) is 3.03. The van der Waals surface area contributed by atoms with E-state index in [1.165, 1.54) is 0 Å². The molecule has 0 spiro atoms. The first-order valence-electron chi connectivity index (χ1n) is 7.08. The minimum Gasteiger partial charge on any atom is -0.299 e. The van der Waals surface area contributed by atoms with Crippen LogP contribution in [0.25, 0.3) is 10.9 Å². The number of Topliss-reactive ketones (excluding diaryl/α,β-unsaturated/α-hetero) is 1. The van der Waals surface area contributed by atoms with Gasteiger partial charge in [-0.2, -0.15) is 0 Å². The number of nitrogens with zero attached hydrogens (tertiary/aromatic N) is 1. The van der Waals surface area contributed by atoms with Crippen LogP contribution in [-0.4, -0.2) is 30.7 Å². The van der Waals surface area contributed by atoms with Crippen LogP contribution < -0.4 is 0 Å². The number of hydrogen-bond donors (Lipinski definition) is 0. The van der Waals surface area contributed by atoms with Gasteiger partial charge in [0.05, 0.1) is 17.0 Å². The van der Waals surface area contributed by atoms with Crippen LogP contribution in [0.4, 0.5) is 0 Å². The quantitative estimate of drug-likeness (QED) is 0.868. The second-order valence-electron chi connectivity index (χ2n) is 5.68. The van der Waals surface area contributed by atoms with Crippen molar-refractivity contribution in [3.8, 4) is 0 Å². The number of benzene rings is 1. The smallest absolute Gasteiger partial charge is 0.150 e. The molecule has 1 aliphatic rings. The first-order chi connectivity index (χ1) is 10.0. The van der Waals surface area contributed by atoms with Crippen molar-refractivity contribution in [2.24, 2.45) is 5.92 Å². The Morgan fingerprint density at radius 1 is 1.24 bits per heavy atom. The number of fused-ring (bicyclic) bond motifs is 1. The van der Waals surface area contributed by atoms with Gasteiger partial charge in [0.2, 0.25) is 0 Å². The number of rotatable bonds is 4. The Morgan fingerprint density at radius 3 is 2.81 bits per heavy atom. The Hall–Kier alpha value is -1.75. The number of para-hydroxylation sites is 1. The van der Waals surface area contributed by atoms with Gasteiger partial charge in [0.15, 0.2) is 9.84 Å². The highest BCUT2D eigenvalue weighted by molar-refractivity contribution is 7.91. The Bertz CT molecular complexity index is 778. The topological polar surface area (TPSA) is 64.1 Å². The molecule has 0 radical (unpaired) electrons. The van der Waals surface area contributed by atoms with Crippen molar-refractivity contribution >= 4 is 26.5 Å². The SMILES string of the molecule is O=C(Cc1ccnc2ccccc12)CC1CCS(=O)(=O)C1. The third kappa shape index (κ3) is 3.29. The van der Waals surface area contributed by atoms with Crippen LogP contribution in [-0.2, 0) is 21.1 Å². The Kier molecular flexibility index (Phi) is 3.76. The van der Waals surface area contributed by atoms with E-state index >= 15 is 0 Å². The number of ketones is 1. The molecule has 3 rings (SSSR count). The van der Waals surface area contributed by atoms with Gasteiger partial charge in [-0.15, -0.1) is 0 Å². The van der Waals surface area contributed by atoms with Gasteiger partial charge in [0, 0.05) is 24.4 Å². The van der Waals surface area contributed by atoms with E-state index in [2.05, 4.69) is 4.98 Å². The van der Waals surface area contributed by atoms with Gasteiger partial charge >= 0.3 is 0 Å². The van der Waals surface area contributed by atoms with E-state index in [0.717, 1.165) is 16.5 Å². The maximum Gasteiger partial charge on any atom is 0.150 e. The molecule has 4 nitrogen and oxygen atoms in total. The van der Waals surface area contributed by atoms with Crippen molar-refractivity contribution in [1.29, 1.82) is 0 Å². The van der Waals surface area contributed by atoms with E-state index < -0.39 is 9.84 Å². The summed E-state index contributed by atoms with van der Waals surface area (Å²) in [5.41, 5.74) is 1.85. The molecule has 1 fully saturated rings. The summed E-state index contributed by atoms with van der Waals surface area (Å²) in [5, 5.41) is 0.993. The highest BCUT2D eigenvalue weighted by atomic mass is 32.2. The van der Waals surface area contributed by atoms with Crippen molar-refractivity contribution in [2.45, 2.75) is 19.3 Å². The van der Waals surface area contributed by atoms with Crippen molar-refractivity contribution in [2.75, 3.05) is 11.5 Å². The third-order valence-corrected chi connectivity index (χ3v) is 5.81. The second-order valence-corrected chi connectivity index (χ2v) is 7.90. The standard InChI is InChI=1S/C16H17NO3S/c18-14(9-12-6-8-21(19,20)11-12)10-13-5-7-17-16-4-2-1-3-15(13)16/h1-5,7,12H,6,8-11H2. The van der Waals surface area contributed by atoms with Gasteiger partial charge in [-0.25, -0.2) is 8.42 Å². The fourth-order valence-corrected chi connectivity index (χ4v) is 4.81. The highest BCUT2D eigenvalue weighted by Crippen LogP contribution is 2.23. The predicted octanol–water partition coefficient (Wildman–Crippen LogP) is 2.17. The third-order valence-electron chi connectivity index (χ3n) is 3.97. The molecule has 0 saturated carbocycles. The molecule has 2 aromatic rings. The summed E-state index contributed by atoms with van der Waals surface area (Å²) in [7, 11) is -2.91. The first-order valence-corrected chi connectivity index (χ1v) is 8.90. The molecule has 110 valence electrons. The van der Waals surface area contributed by atoms with Crippen LogP contribution in [0.2, 0.25) is 0 Å². The lowest BCUT2D eigenvalue weighted by atomic mass is 9.96. The molecule has 1 unspecified atom stereocenters. The molecule has 2 heterocycles. The van der Waals surface area contributed by atoms with Gasteiger partial charge in [0.25, 0.3) is 0 Å². The summed E-state index contributed by atoms with van der Waals surface area (Å²) in [4.78, 5) is 16.5. The van der Waals surface area contributed by atoms with Crippen LogP contribution in [0.1, 0.15) is 18.4 Å². The minimum absolute atomic E-state index is 0.00407. The van der Waals surface area contributed by atoms with Crippen LogP contribution in [0, 0.1) is 5.92 Å². The molecule has 0 amide bonds. The predicted molar refractivity (Wildman–Crippen MR) is 81.8 cm³/mol. The number of pyridine rings is 1. The zero-order valence-corrected chi connectivity index (χ0v) is 12.5. The number of sulfone groups is 1. The Balaban J connectivity index is 1.72. The van der Waals surface area contributed by atoms with Crippen LogP contribution >= 0.6 is 0 Å². The Labute approximate surface area is 124 Å². The lowest BCUT2D eigenvalue weighted by Gasteiger charge is -2.08. The fraction of sp³-hybridized carbons (Fsp3) is 0.375. The monoisotopic (exact) mass is 303 g/mol. The minimum atomic E-state index is -2.91. The van der Waals surface area contributed by atoms with Gasteiger partial charge < -0.3 is 0 Å². The Morgan fingerprint density at radius 2 is 2.05 bits per heavy atom. The number of hydrogen-bond acceptors (Lipinski definition) is 4. The van der Waals surface area contributed by atoms with E-state index in [1.807, 2.05) is 30.3 Å². The second kappa shape index (κ2) is 5.56. The van der Waals surface area contributed by atoms with Crippen molar-refractivity contribution in [3.05, 3.63) is 42.1 Å². The molecular formula is C16H17NO3S. The molecular weight excluding hydrogens is 286 g/mol. The zero-order chi connectivity index (χ0) is 14.9. The van der Waals surface area contributed by atoms with Gasteiger partial charge in [-0.1, -0.05) is 18.2 Å². The molecule has 1 atom stereocenters. The lowest BCUT2D eigenvalue weighted by Crippen LogP contribution is -2.12. The van der Waals surface area contributed by atoms with Gasteiger partial charge in [0.1, 0.15) is 5.78 Å². The largest absolute Gasteiger partial charge is 0.299 e. The molecule has 0 aliphatic carbocycles. The zero-order valence-electron chi connectivity index (χ0n) is 11.7. The van der Waals surface area contributed by atoms with E-state index in [-0.39, 0.29) is 23.2 Å². The summed E-state index contributed by atoms with van der Waals surface area (Å²) in [5.74, 6) is 0.489. The van der Waals surface area contributed by atoms with Crippen molar-refractivity contribution in [1.82, 2.24) is 4.98 Å². The summed E-state index contributed by atoms with van der Waals surface area (Å²) >= 11 is 0. The first kappa shape index (κ1) is 14.2.